The normalized spacial score (nSPS) is 19.9. The number of aromatic amines is 1. The SMILES string of the molecule is O=C(CCCc1c[nH]c2ccccc12)N1CCC(n2cnnc2C2CC2)C1. The average molecular weight is 363 g/mol. The lowest BCUT2D eigenvalue weighted by Crippen LogP contribution is -2.29. The van der Waals surface area contributed by atoms with Gasteiger partial charge in [0.05, 0.1) is 6.04 Å². The van der Waals surface area contributed by atoms with E-state index in [0.29, 0.717) is 18.4 Å². The van der Waals surface area contributed by atoms with Crippen LogP contribution in [0, 0.1) is 0 Å². The van der Waals surface area contributed by atoms with E-state index >= 15 is 0 Å². The summed E-state index contributed by atoms with van der Waals surface area (Å²) >= 11 is 0. The van der Waals surface area contributed by atoms with Crippen molar-refractivity contribution in [1.82, 2.24) is 24.6 Å². The molecule has 140 valence electrons. The van der Waals surface area contributed by atoms with Crippen LogP contribution in [0.1, 0.15) is 55.5 Å². The second-order valence-corrected chi connectivity index (χ2v) is 7.87. The second-order valence-electron chi connectivity index (χ2n) is 7.87. The molecule has 1 aliphatic heterocycles. The molecule has 0 radical (unpaired) electrons. The van der Waals surface area contributed by atoms with Crippen molar-refractivity contribution in [2.24, 2.45) is 0 Å². The van der Waals surface area contributed by atoms with E-state index in [1.807, 2.05) is 17.3 Å². The molecule has 0 spiro atoms. The molecule has 1 saturated carbocycles. The van der Waals surface area contributed by atoms with Crippen molar-refractivity contribution in [2.45, 2.75) is 50.5 Å². The molecule has 1 aliphatic carbocycles. The number of nitrogens with one attached hydrogen (secondary N) is 1. The number of carbonyl (C=O) groups excluding carboxylic acids is 1. The van der Waals surface area contributed by atoms with Crippen LogP contribution < -0.4 is 0 Å². The number of fused-ring (bicyclic) bond motifs is 1. The van der Waals surface area contributed by atoms with E-state index in [9.17, 15) is 4.79 Å². The van der Waals surface area contributed by atoms with Gasteiger partial charge in [0.1, 0.15) is 12.2 Å². The standard InChI is InChI=1S/C21H25N5O/c27-20(7-3-4-16-12-22-19-6-2-1-5-18(16)19)25-11-10-17(13-25)26-14-23-24-21(26)15-8-9-15/h1-2,5-6,12,14-15,17,22H,3-4,7-11,13H2. The smallest absolute Gasteiger partial charge is 0.222 e. The van der Waals surface area contributed by atoms with E-state index in [1.54, 1.807) is 0 Å². The van der Waals surface area contributed by atoms with E-state index in [0.717, 1.165) is 38.2 Å². The zero-order valence-corrected chi connectivity index (χ0v) is 15.5. The first-order chi connectivity index (χ1) is 13.3. The second kappa shape index (κ2) is 6.83. The molecule has 6 heteroatoms. The molecule has 3 aromatic rings. The largest absolute Gasteiger partial charge is 0.361 e. The van der Waals surface area contributed by atoms with Gasteiger partial charge in [-0.2, -0.15) is 0 Å². The molecule has 0 bridgehead atoms. The van der Waals surface area contributed by atoms with E-state index in [4.69, 9.17) is 0 Å². The van der Waals surface area contributed by atoms with Crippen molar-refractivity contribution in [3.63, 3.8) is 0 Å². The van der Waals surface area contributed by atoms with Crippen LogP contribution in [0.15, 0.2) is 36.8 Å². The number of hydrogen-bond acceptors (Lipinski definition) is 3. The summed E-state index contributed by atoms with van der Waals surface area (Å²) in [5.41, 5.74) is 2.47. The highest BCUT2D eigenvalue weighted by Gasteiger charge is 2.33. The lowest BCUT2D eigenvalue weighted by Gasteiger charge is -2.18. The number of para-hydroxylation sites is 1. The minimum absolute atomic E-state index is 0.276. The van der Waals surface area contributed by atoms with Gasteiger partial charge in [-0.25, -0.2) is 0 Å². The topological polar surface area (TPSA) is 66.8 Å². The van der Waals surface area contributed by atoms with Gasteiger partial charge in [-0.1, -0.05) is 18.2 Å². The zero-order chi connectivity index (χ0) is 18.2. The number of benzene rings is 1. The highest BCUT2D eigenvalue weighted by Crippen LogP contribution is 2.40. The number of carbonyl (C=O) groups is 1. The number of amides is 1. The Morgan fingerprint density at radius 3 is 3.00 bits per heavy atom. The molecule has 3 heterocycles. The minimum Gasteiger partial charge on any atom is -0.361 e. The number of rotatable bonds is 6. The Balaban J connectivity index is 1.16. The highest BCUT2D eigenvalue weighted by atomic mass is 16.2. The van der Waals surface area contributed by atoms with Gasteiger partial charge in [0.25, 0.3) is 0 Å². The van der Waals surface area contributed by atoms with Crippen LogP contribution in [0.4, 0.5) is 0 Å². The fourth-order valence-corrected chi connectivity index (χ4v) is 4.29. The summed E-state index contributed by atoms with van der Waals surface area (Å²) in [6, 6.07) is 8.68. The maximum atomic E-state index is 12.7. The number of aromatic nitrogens is 4. The monoisotopic (exact) mass is 363 g/mol. The molecule has 2 aromatic heterocycles. The summed E-state index contributed by atoms with van der Waals surface area (Å²) in [5, 5.41) is 9.68. The summed E-state index contributed by atoms with van der Waals surface area (Å²) in [7, 11) is 0. The Bertz CT molecular complexity index is 954. The van der Waals surface area contributed by atoms with Crippen LogP contribution >= 0.6 is 0 Å². The van der Waals surface area contributed by atoms with Gasteiger partial charge in [0, 0.05) is 42.5 Å². The van der Waals surface area contributed by atoms with Crippen LogP contribution in [-0.4, -0.2) is 43.6 Å². The molecular formula is C21H25N5O. The van der Waals surface area contributed by atoms with Crippen molar-refractivity contribution in [2.75, 3.05) is 13.1 Å². The van der Waals surface area contributed by atoms with Crippen LogP contribution in [-0.2, 0) is 11.2 Å². The Morgan fingerprint density at radius 2 is 2.11 bits per heavy atom. The Hall–Kier alpha value is -2.63. The number of H-pyrrole nitrogens is 1. The van der Waals surface area contributed by atoms with E-state index in [-0.39, 0.29) is 5.91 Å². The van der Waals surface area contributed by atoms with Gasteiger partial charge < -0.3 is 14.5 Å². The fraction of sp³-hybridized carbons (Fsp3) is 0.476. The van der Waals surface area contributed by atoms with Crippen LogP contribution in [0.2, 0.25) is 0 Å². The average Bonchev–Trinajstić information content (AvgIpc) is 3.12. The zero-order valence-electron chi connectivity index (χ0n) is 15.5. The summed E-state index contributed by atoms with van der Waals surface area (Å²) in [6.45, 7) is 1.64. The van der Waals surface area contributed by atoms with Gasteiger partial charge in [0.2, 0.25) is 5.91 Å². The summed E-state index contributed by atoms with van der Waals surface area (Å²) in [4.78, 5) is 18.0. The molecular weight excluding hydrogens is 338 g/mol. The molecule has 2 aliphatic rings. The van der Waals surface area contributed by atoms with Crippen LogP contribution in [0.5, 0.6) is 0 Å². The first-order valence-corrected chi connectivity index (χ1v) is 10.0. The van der Waals surface area contributed by atoms with Crippen LogP contribution in [0.3, 0.4) is 0 Å². The molecule has 1 unspecified atom stereocenters. The van der Waals surface area contributed by atoms with Crippen molar-refractivity contribution in [3.05, 3.63) is 48.2 Å². The predicted molar refractivity (Wildman–Crippen MR) is 103 cm³/mol. The minimum atomic E-state index is 0.276. The Morgan fingerprint density at radius 1 is 1.22 bits per heavy atom. The number of aryl methyl sites for hydroxylation is 1. The lowest BCUT2D eigenvalue weighted by molar-refractivity contribution is -0.130. The maximum absolute atomic E-state index is 12.7. The summed E-state index contributed by atoms with van der Waals surface area (Å²) < 4.78 is 2.22. The third-order valence-electron chi connectivity index (χ3n) is 5.96. The number of likely N-dealkylation sites (tertiary alicyclic amines) is 1. The maximum Gasteiger partial charge on any atom is 0.222 e. The molecule has 5 rings (SSSR count). The molecule has 27 heavy (non-hydrogen) atoms. The fourth-order valence-electron chi connectivity index (χ4n) is 4.29. The van der Waals surface area contributed by atoms with Gasteiger partial charge in [0.15, 0.2) is 0 Å². The first-order valence-electron chi connectivity index (χ1n) is 10.0. The van der Waals surface area contributed by atoms with E-state index < -0.39 is 0 Å². The summed E-state index contributed by atoms with van der Waals surface area (Å²) in [5.74, 6) is 1.99. The molecule has 1 N–H and O–H groups in total. The molecule has 1 aromatic carbocycles. The molecule has 6 nitrogen and oxygen atoms in total. The van der Waals surface area contributed by atoms with Crippen molar-refractivity contribution >= 4 is 16.8 Å². The van der Waals surface area contributed by atoms with Gasteiger partial charge in [-0.05, 0) is 43.7 Å². The van der Waals surface area contributed by atoms with Gasteiger partial charge in [-0.15, -0.1) is 10.2 Å². The molecule has 1 atom stereocenters. The van der Waals surface area contributed by atoms with Gasteiger partial charge in [-0.3, -0.25) is 4.79 Å². The van der Waals surface area contributed by atoms with Crippen LogP contribution in [0.25, 0.3) is 10.9 Å². The Kier molecular flexibility index (Phi) is 4.19. The van der Waals surface area contributed by atoms with Gasteiger partial charge >= 0.3 is 0 Å². The van der Waals surface area contributed by atoms with Crippen molar-refractivity contribution in [3.8, 4) is 0 Å². The third-order valence-corrected chi connectivity index (χ3v) is 5.96. The van der Waals surface area contributed by atoms with Crippen molar-refractivity contribution < 1.29 is 4.79 Å². The molecule has 1 saturated heterocycles. The lowest BCUT2D eigenvalue weighted by atomic mass is 10.1. The van der Waals surface area contributed by atoms with E-state index in [2.05, 4.69) is 44.1 Å². The predicted octanol–water partition coefficient (Wildman–Crippen LogP) is 3.43. The summed E-state index contributed by atoms with van der Waals surface area (Å²) in [6.07, 6.45) is 9.82. The molecule has 2 fully saturated rings. The quantitative estimate of drug-likeness (QED) is 0.729. The third kappa shape index (κ3) is 3.24. The first kappa shape index (κ1) is 16.5. The number of hydrogen-bond donors (Lipinski definition) is 1. The Labute approximate surface area is 158 Å². The molecule has 1 amide bonds. The van der Waals surface area contributed by atoms with Crippen molar-refractivity contribution in [1.29, 1.82) is 0 Å². The number of nitrogens with zero attached hydrogens (tertiary/aromatic N) is 4. The van der Waals surface area contributed by atoms with E-state index in [1.165, 1.54) is 29.3 Å². The highest BCUT2D eigenvalue weighted by molar-refractivity contribution is 5.83.